The first-order valence-electron chi connectivity index (χ1n) is 6.97. The number of rotatable bonds is 4. The van der Waals surface area contributed by atoms with Gasteiger partial charge in [0.05, 0.1) is 16.0 Å². The molecule has 1 fully saturated rings. The monoisotopic (exact) mass is 331 g/mol. The first-order valence-corrected chi connectivity index (χ1v) is 8.67. The van der Waals surface area contributed by atoms with E-state index in [0.717, 1.165) is 0 Å². The lowest BCUT2D eigenvalue weighted by Crippen LogP contribution is -2.25. The summed E-state index contributed by atoms with van der Waals surface area (Å²) in [6, 6.07) is 5.10. The third-order valence-corrected chi connectivity index (χ3v) is 5.53. The Bertz CT molecular complexity index is 475. The quantitative estimate of drug-likeness (QED) is 0.801. The van der Waals surface area contributed by atoms with E-state index in [-0.39, 0.29) is 11.2 Å². The molecule has 2 rings (SSSR count). The molecular formula is C15H19Cl2NOS. The fraction of sp³-hybridized carbons (Fsp3) is 0.533. The summed E-state index contributed by atoms with van der Waals surface area (Å²) in [5.41, 5.74) is 0.622. The molecule has 1 aliphatic carbocycles. The molecule has 1 N–H and O–H groups in total. The summed E-state index contributed by atoms with van der Waals surface area (Å²) >= 11 is 13.7. The topological polar surface area (TPSA) is 29.1 Å². The molecule has 110 valence electrons. The molecule has 2 nitrogen and oxygen atoms in total. The SMILES string of the molecule is CC(SC1CCCCC1)C(=O)Nc1ccc(Cl)cc1Cl. The standard InChI is InChI=1S/C15H19Cl2NOS/c1-10(20-12-5-3-2-4-6-12)15(19)18-14-8-7-11(16)9-13(14)17/h7-10,12H,2-6H2,1H3,(H,18,19). The lowest BCUT2D eigenvalue weighted by Gasteiger charge is -2.24. The average Bonchev–Trinajstić information content (AvgIpc) is 2.43. The van der Waals surface area contributed by atoms with Gasteiger partial charge in [-0.25, -0.2) is 0 Å². The van der Waals surface area contributed by atoms with Crippen molar-refractivity contribution in [2.24, 2.45) is 0 Å². The van der Waals surface area contributed by atoms with Gasteiger partial charge in [-0.1, -0.05) is 42.5 Å². The van der Waals surface area contributed by atoms with Gasteiger partial charge < -0.3 is 5.32 Å². The molecule has 0 radical (unpaired) electrons. The summed E-state index contributed by atoms with van der Waals surface area (Å²) in [4.78, 5) is 12.2. The van der Waals surface area contributed by atoms with Crippen LogP contribution in [-0.4, -0.2) is 16.4 Å². The predicted octanol–water partition coefficient (Wildman–Crippen LogP) is 5.39. The van der Waals surface area contributed by atoms with Crippen molar-refractivity contribution in [2.45, 2.75) is 49.5 Å². The number of nitrogens with one attached hydrogen (secondary N) is 1. The lowest BCUT2D eigenvalue weighted by molar-refractivity contribution is -0.115. The molecule has 1 amide bonds. The molecule has 1 aromatic carbocycles. The number of thioether (sulfide) groups is 1. The van der Waals surface area contributed by atoms with Crippen molar-refractivity contribution >= 4 is 46.6 Å². The Kier molecular flexibility index (Phi) is 6.06. The first kappa shape index (κ1) is 16.0. The Morgan fingerprint density at radius 2 is 2.00 bits per heavy atom. The molecule has 1 aliphatic rings. The van der Waals surface area contributed by atoms with E-state index in [4.69, 9.17) is 23.2 Å². The van der Waals surface area contributed by atoms with Gasteiger partial charge in [0, 0.05) is 10.3 Å². The number of benzene rings is 1. The highest BCUT2D eigenvalue weighted by atomic mass is 35.5. The normalized spacial score (nSPS) is 17.8. The van der Waals surface area contributed by atoms with Crippen LogP contribution in [0, 0.1) is 0 Å². The maximum atomic E-state index is 12.2. The molecule has 0 heterocycles. The third kappa shape index (κ3) is 4.57. The summed E-state index contributed by atoms with van der Waals surface area (Å²) in [7, 11) is 0. The van der Waals surface area contributed by atoms with Gasteiger partial charge in [-0.2, -0.15) is 0 Å². The van der Waals surface area contributed by atoms with E-state index in [2.05, 4.69) is 5.32 Å². The average molecular weight is 332 g/mol. The Labute approximate surface area is 134 Å². The van der Waals surface area contributed by atoms with E-state index < -0.39 is 0 Å². The summed E-state index contributed by atoms with van der Waals surface area (Å²) in [5, 5.41) is 4.47. The van der Waals surface area contributed by atoms with Gasteiger partial charge in [-0.15, -0.1) is 11.8 Å². The zero-order valence-corrected chi connectivity index (χ0v) is 13.8. The van der Waals surface area contributed by atoms with Crippen LogP contribution in [-0.2, 0) is 4.79 Å². The van der Waals surface area contributed by atoms with Crippen LogP contribution in [0.3, 0.4) is 0 Å². The minimum absolute atomic E-state index is 0.00444. The number of amides is 1. The van der Waals surface area contributed by atoms with Crippen LogP contribution in [0.1, 0.15) is 39.0 Å². The molecular weight excluding hydrogens is 313 g/mol. The van der Waals surface area contributed by atoms with Gasteiger partial charge in [-0.05, 0) is 38.0 Å². The smallest absolute Gasteiger partial charge is 0.237 e. The van der Waals surface area contributed by atoms with Crippen LogP contribution in [0.25, 0.3) is 0 Å². The van der Waals surface area contributed by atoms with Crippen molar-refractivity contribution < 1.29 is 4.79 Å². The Balaban J connectivity index is 1.89. The zero-order chi connectivity index (χ0) is 14.5. The zero-order valence-electron chi connectivity index (χ0n) is 11.5. The van der Waals surface area contributed by atoms with E-state index in [1.54, 1.807) is 30.0 Å². The van der Waals surface area contributed by atoms with Crippen molar-refractivity contribution in [1.82, 2.24) is 0 Å². The molecule has 5 heteroatoms. The Hall–Kier alpha value is -0.380. The van der Waals surface area contributed by atoms with Gasteiger partial charge in [0.15, 0.2) is 0 Å². The number of hydrogen-bond donors (Lipinski definition) is 1. The molecule has 0 saturated heterocycles. The van der Waals surface area contributed by atoms with E-state index in [1.165, 1.54) is 32.1 Å². The highest BCUT2D eigenvalue weighted by molar-refractivity contribution is 8.01. The number of halogens is 2. The van der Waals surface area contributed by atoms with Gasteiger partial charge in [0.25, 0.3) is 0 Å². The van der Waals surface area contributed by atoms with Gasteiger partial charge >= 0.3 is 0 Å². The highest BCUT2D eigenvalue weighted by Gasteiger charge is 2.21. The van der Waals surface area contributed by atoms with Gasteiger partial charge in [0.2, 0.25) is 5.91 Å². The second-order valence-corrected chi connectivity index (χ2v) is 7.64. The summed E-state index contributed by atoms with van der Waals surface area (Å²) in [6.07, 6.45) is 6.36. The van der Waals surface area contributed by atoms with Gasteiger partial charge in [0.1, 0.15) is 0 Å². The Morgan fingerprint density at radius 1 is 1.30 bits per heavy atom. The van der Waals surface area contributed by atoms with Crippen molar-refractivity contribution in [3.05, 3.63) is 28.2 Å². The van der Waals surface area contributed by atoms with E-state index >= 15 is 0 Å². The van der Waals surface area contributed by atoms with Crippen LogP contribution in [0.5, 0.6) is 0 Å². The van der Waals surface area contributed by atoms with Crippen LogP contribution >= 0.6 is 35.0 Å². The van der Waals surface area contributed by atoms with E-state index in [1.807, 2.05) is 6.92 Å². The molecule has 1 aromatic rings. The molecule has 0 aromatic heterocycles. The second kappa shape index (κ2) is 7.58. The fourth-order valence-corrected chi connectivity index (χ4v) is 4.20. The summed E-state index contributed by atoms with van der Waals surface area (Å²) in [6.45, 7) is 1.96. The maximum Gasteiger partial charge on any atom is 0.237 e. The maximum absolute atomic E-state index is 12.2. The molecule has 0 bridgehead atoms. The van der Waals surface area contributed by atoms with E-state index in [0.29, 0.717) is 21.0 Å². The minimum Gasteiger partial charge on any atom is -0.324 e. The molecule has 0 aliphatic heterocycles. The lowest BCUT2D eigenvalue weighted by atomic mass is 10.0. The summed E-state index contributed by atoms with van der Waals surface area (Å²) < 4.78 is 0. The number of carbonyl (C=O) groups excluding carboxylic acids is 1. The predicted molar refractivity (Wildman–Crippen MR) is 89.0 cm³/mol. The molecule has 1 unspecified atom stereocenters. The fourth-order valence-electron chi connectivity index (χ4n) is 2.38. The summed E-state index contributed by atoms with van der Waals surface area (Å²) in [5.74, 6) is 0.00444. The van der Waals surface area contributed by atoms with Crippen molar-refractivity contribution in [1.29, 1.82) is 0 Å². The van der Waals surface area contributed by atoms with Crippen LogP contribution in [0.15, 0.2) is 18.2 Å². The third-order valence-electron chi connectivity index (χ3n) is 3.51. The molecule has 1 atom stereocenters. The van der Waals surface area contributed by atoms with Crippen LogP contribution in [0.2, 0.25) is 10.0 Å². The largest absolute Gasteiger partial charge is 0.324 e. The molecule has 1 saturated carbocycles. The van der Waals surface area contributed by atoms with Crippen molar-refractivity contribution in [3.8, 4) is 0 Å². The molecule has 0 spiro atoms. The molecule has 20 heavy (non-hydrogen) atoms. The number of anilines is 1. The minimum atomic E-state index is -0.0650. The number of carbonyl (C=O) groups is 1. The van der Waals surface area contributed by atoms with E-state index in [9.17, 15) is 4.79 Å². The van der Waals surface area contributed by atoms with Crippen molar-refractivity contribution in [2.75, 3.05) is 5.32 Å². The van der Waals surface area contributed by atoms with Gasteiger partial charge in [-0.3, -0.25) is 4.79 Å². The highest BCUT2D eigenvalue weighted by Crippen LogP contribution is 2.32. The van der Waals surface area contributed by atoms with Crippen LogP contribution < -0.4 is 5.32 Å². The van der Waals surface area contributed by atoms with Crippen LogP contribution in [0.4, 0.5) is 5.69 Å². The first-order chi connectivity index (χ1) is 9.56. The van der Waals surface area contributed by atoms with Crippen molar-refractivity contribution in [3.63, 3.8) is 0 Å². The Morgan fingerprint density at radius 3 is 2.65 bits per heavy atom. The second-order valence-electron chi connectivity index (χ2n) is 5.15. The number of hydrogen-bond acceptors (Lipinski definition) is 2.